The fourth-order valence-electron chi connectivity index (χ4n) is 0.946. The molecule has 0 radical (unpaired) electrons. The first-order chi connectivity index (χ1) is 6.13. The Balaban J connectivity index is 2.57. The molecule has 0 aromatic carbocycles. The number of carbonyl (C=O) groups is 1. The summed E-state index contributed by atoms with van der Waals surface area (Å²) in [6.07, 6.45) is 0. The van der Waals surface area contributed by atoms with E-state index in [0.29, 0.717) is 10.9 Å². The molecule has 2 N–H and O–H groups in total. The molecule has 0 bridgehead atoms. The summed E-state index contributed by atoms with van der Waals surface area (Å²) in [6.45, 7) is 4.01. The summed E-state index contributed by atoms with van der Waals surface area (Å²) in [5.74, 6) is 0.717. The second-order valence-electron chi connectivity index (χ2n) is 3.27. The molecule has 1 fully saturated rings. The highest BCUT2D eigenvalue weighted by Crippen LogP contribution is 2.13. The summed E-state index contributed by atoms with van der Waals surface area (Å²) in [5, 5.41) is 12.3. The van der Waals surface area contributed by atoms with E-state index in [9.17, 15) is 4.79 Å². The van der Waals surface area contributed by atoms with Gasteiger partial charge in [-0.15, -0.1) is 0 Å². The molecule has 4 nitrogen and oxygen atoms in total. The molecule has 1 atom stereocenters. The van der Waals surface area contributed by atoms with Crippen LogP contribution in [-0.4, -0.2) is 34.6 Å². The molecule has 0 aromatic heterocycles. The Morgan fingerprint density at radius 2 is 2.38 bits per heavy atom. The van der Waals surface area contributed by atoms with E-state index in [-0.39, 0.29) is 24.5 Å². The summed E-state index contributed by atoms with van der Waals surface area (Å²) in [7, 11) is 0. The van der Waals surface area contributed by atoms with Gasteiger partial charge in [0.15, 0.2) is 5.17 Å². The maximum absolute atomic E-state index is 10.8. The van der Waals surface area contributed by atoms with Crippen LogP contribution in [0, 0.1) is 5.92 Å². The molecule has 0 saturated carbocycles. The molecule has 0 aromatic rings. The maximum atomic E-state index is 10.8. The fourth-order valence-corrected chi connectivity index (χ4v) is 1.68. The van der Waals surface area contributed by atoms with Gasteiger partial charge in [-0.25, -0.2) is 0 Å². The highest BCUT2D eigenvalue weighted by molar-refractivity contribution is 8.15. The SMILES string of the molecule is CC(C)C(CO)N=C1NC(=O)CS1. The molecular formula is C8H14N2O2S. The highest BCUT2D eigenvalue weighted by atomic mass is 32.2. The summed E-state index contributed by atoms with van der Waals surface area (Å²) in [6, 6.07) is -0.110. The van der Waals surface area contributed by atoms with Crippen molar-refractivity contribution in [2.24, 2.45) is 10.9 Å². The van der Waals surface area contributed by atoms with Gasteiger partial charge in [-0.05, 0) is 5.92 Å². The van der Waals surface area contributed by atoms with Gasteiger partial charge >= 0.3 is 0 Å². The number of aliphatic hydroxyl groups is 1. The molecule has 1 unspecified atom stereocenters. The molecule has 1 saturated heterocycles. The van der Waals surface area contributed by atoms with E-state index in [0.717, 1.165) is 0 Å². The number of amidine groups is 1. The van der Waals surface area contributed by atoms with Crippen molar-refractivity contribution in [1.82, 2.24) is 5.32 Å². The molecule has 1 amide bonds. The quantitative estimate of drug-likeness (QED) is 0.688. The number of rotatable bonds is 3. The Hall–Kier alpha value is -0.550. The molecule has 1 rings (SSSR count). The van der Waals surface area contributed by atoms with E-state index in [1.807, 2.05) is 13.8 Å². The zero-order valence-corrected chi connectivity index (χ0v) is 8.60. The molecule has 1 aliphatic rings. The van der Waals surface area contributed by atoms with Crippen LogP contribution >= 0.6 is 11.8 Å². The molecular weight excluding hydrogens is 188 g/mol. The zero-order chi connectivity index (χ0) is 9.84. The third-order valence-corrected chi connectivity index (χ3v) is 2.71. The first-order valence-electron chi connectivity index (χ1n) is 4.24. The van der Waals surface area contributed by atoms with E-state index in [4.69, 9.17) is 5.11 Å². The average molecular weight is 202 g/mol. The van der Waals surface area contributed by atoms with Crippen LogP contribution in [0.4, 0.5) is 0 Å². The number of hydrogen-bond donors (Lipinski definition) is 2. The van der Waals surface area contributed by atoms with Crippen molar-refractivity contribution in [3.8, 4) is 0 Å². The lowest BCUT2D eigenvalue weighted by atomic mass is 10.1. The second-order valence-corrected chi connectivity index (χ2v) is 4.23. The second kappa shape index (κ2) is 4.62. The van der Waals surface area contributed by atoms with Crippen molar-refractivity contribution < 1.29 is 9.90 Å². The smallest absolute Gasteiger partial charge is 0.236 e. The lowest BCUT2D eigenvalue weighted by Gasteiger charge is -2.13. The van der Waals surface area contributed by atoms with Crippen molar-refractivity contribution in [1.29, 1.82) is 0 Å². The van der Waals surface area contributed by atoms with Crippen LogP contribution in [0.3, 0.4) is 0 Å². The lowest BCUT2D eigenvalue weighted by molar-refractivity contribution is -0.116. The van der Waals surface area contributed by atoms with E-state index in [1.54, 1.807) is 0 Å². The normalized spacial score (nSPS) is 22.5. The van der Waals surface area contributed by atoms with E-state index >= 15 is 0 Å². The van der Waals surface area contributed by atoms with Gasteiger partial charge in [-0.3, -0.25) is 9.79 Å². The Bertz CT molecular complexity index is 228. The van der Waals surface area contributed by atoms with Gasteiger partial charge in [-0.1, -0.05) is 25.6 Å². The first kappa shape index (κ1) is 10.5. The lowest BCUT2D eigenvalue weighted by Crippen LogP contribution is -2.25. The Morgan fingerprint density at radius 3 is 2.77 bits per heavy atom. The summed E-state index contributed by atoms with van der Waals surface area (Å²) < 4.78 is 0. The van der Waals surface area contributed by atoms with Crippen LogP contribution in [-0.2, 0) is 4.79 Å². The molecule has 74 valence electrons. The number of carbonyl (C=O) groups excluding carboxylic acids is 1. The zero-order valence-electron chi connectivity index (χ0n) is 7.78. The Morgan fingerprint density at radius 1 is 1.69 bits per heavy atom. The number of aliphatic hydroxyl groups excluding tert-OH is 1. The third-order valence-electron chi connectivity index (χ3n) is 1.83. The van der Waals surface area contributed by atoms with Gasteiger partial charge < -0.3 is 10.4 Å². The number of thioether (sulfide) groups is 1. The molecule has 13 heavy (non-hydrogen) atoms. The molecule has 0 spiro atoms. The molecule has 1 heterocycles. The minimum absolute atomic E-state index is 0.0100. The van der Waals surface area contributed by atoms with Crippen molar-refractivity contribution in [2.45, 2.75) is 19.9 Å². The number of nitrogens with zero attached hydrogens (tertiary/aromatic N) is 1. The number of hydrogen-bond acceptors (Lipinski definition) is 4. The average Bonchev–Trinajstić information content (AvgIpc) is 2.46. The minimum atomic E-state index is -0.110. The van der Waals surface area contributed by atoms with E-state index < -0.39 is 0 Å². The summed E-state index contributed by atoms with van der Waals surface area (Å²) in [5.41, 5.74) is 0. The van der Waals surface area contributed by atoms with Crippen molar-refractivity contribution in [2.75, 3.05) is 12.4 Å². The van der Waals surface area contributed by atoms with Crippen LogP contribution in [0.1, 0.15) is 13.8 Å². The Labute approximate surface area is 81.8 Å². The van der Waals surface area contributed by atoms with Crippen molar-refractivity contribution in [3.63, 3.8) is 0 Å². The number of nitrogens with one attached hydrogen (secondary N) is 1. The van der Waals surface area contributed by atoms with Crippen LogP contribution in [0.2, 0.25) is 0 Å². The maximum Gasteiger partial charge on any atom is 0.236 e. The first-order valence-corrected chi connectivity index (χ1v) is 5.23. The predicted molar refractivity (Wildman–Crippen MR) is 53.7 cm³/mol. The Kier molecular flexibility index (Phi) is 3.74. The van der Waals surface area contributed by atoms with Gasteiger partial charge in [0.2, 0.25) is 5.91 Å². The van der Waals surface area contributed by atoms with Crippen molar-refractivity contribution >= 4 is 22.8 Å². The molecule has 1 aliphatic heterocycles. The van der Waals surface area contributed by atoms with Crippen LogP contribution in [0.25, 0.3) is 0 Å². The van der Waals surface area contributed by atoms with Gasteiger partial charge in [0.25, 0.3) is 0 Å². The van der Waals surface area contributed by atoms with Crippen molar-refractivity contribution in [3.05, 3.63) is 0 Å². The monoisotopic (exact) mass is 202 g/mol. The van der Waals surface area contributed by atoms with Crippen LogP contribution in [0.5, 0.6) is 0 Å². The topological polar surface area (TPSA) is 61.7 Å². The molecule has 5 heteroatoms. The fraction of sp³-hybridized carbons (Fsp3) is 0.750. The largest absolute Gasteiger partial charge is 0.394 e. The van der Waals surface area contributed by atoms with Gasteiger partial charge in [-0.2, -0.15) is 0 Å². The van der Waals surface area contributed by atoms with Crippen LogP contribution in [0.15, 0.2) is 4.99 Å². The summed E-state index contributed by atoms with van der Waals surface area (Å²) >= 11 is 1.39. The standard InChI is InChI=1S/C8H14N2O2S/c1-5(2)6(3-11)9-8-10-7(12)4-13-8/h5-6,11H,3-4H2,1-2H3,(H,9,10,12). The number of aliphatic imine (C=N–C) groups is 1. The van der Waals surface area contributed by atoms with Gasteiger partial charge in [0.1, 0.15) is 0 Å². The van der Waals surface area contributed by atoms with E-state index in [2.05, 4.69) is 10.3 Å². The van der Waals surface area contributed by atoms with Gasteiger partial charge in [0, 0.05) is 0 Å². The predicted octanol–water partition coefficient (Wildman–Crippen LogP) is 0.222. The van der Waals surface area contributed by atoms with Gasteiger partial charge in [0.05, 0.1) is 18.4 Å². The summed E-state index contributed by atoms with van der Waals surface area (Å²) in [4.78, 5) is 15.1. The number of amides is 1. The molecule has 0 aliphatic carbocycles. The third kappa shape index (κ3) is 3.00. The van der Waals surface area contributed by atoms with E-state index in [1.165, 1.54) is 11.8 Å². The minimum Gasteiger partial charge on any atom is -0.394 e. The highest BCUT2D eigenvalue weighted by Gasteiger charge is 2.19. The van der Waals surface area contributed by atoms with Crippen LogP contribution < -0.4 is 5.32 Å².